The van der Waals surface area contributed by atoms with Crippen LogP contribution in [0, 0.1) is 16.7 Å². The fraction of sp³-hybridized carbons (Fsp3) is 0.467. The van der Waals surface area contributed by atoms with Gasteiger partial charge in [-0.3, -0.25) is 4.79 Å². The molecule has 20 heavy (non-hydrogen) atoms. The largest absolute Gasteiger partial charge is 0.479 e. The molecule has 0 saturated carbocycles. The molecule has 0 aliphatic heterocycles. The van der Waals surface area contributed by atoms with Crippen LogP contribution in [0.25, 0.3) is 0 Å². The lowest BCUT2D eigenvalue weighted by Crippen LogP contribution is -2.53. The zero-order chi connectivity index (χ0) is 15.4. The summed E-state index contributed by atoms with van der Waals surface area (Å²) in [6.07, 6.45) is 0. The van der Waals surface area contributed by atoms with Crippen LogP contribution in [0.1, 0.15) is 27.7 Å². The fourth-order valence-electron chi connectivity index (χ4n) is 1.36. The summed E-state index contributed by atoms with van der Waals surface area (Å²) in [5.41, 5.74) is 5.28. The predicted octanol–water partition coefficient (Wildman–Crippen LogP) is 2.29. The van der Waals surface area contributed by atoms with Crippen molar-refractivity contribution >= 4 is 11.6 Å². The zero-order valence-electron chi connectivity index (χ0n) is 12.4. The van der Waals surface area contributed by atoms with Crippen molar-refractivity contribution in [3.8, 4) is 11.8 Å². The third kappa shape index (κ3) is 3.72. The van der Waals surface area contributed by atoms with Gasteiger partial charge < -0.3 is 15.8 Å². The molecule has 108 valence electrons. The molecule has 0 aliphatic rings. The van der Waals surface area contributed by atoms with E-state index in [0.29, 0.717) is 11.4 Å². The number of nitrogens with one attached hydrogen (secondary N) is 1. The number of amides is 1. The minimum Gasteiger partial charge on any atom is -0.479 e. The Morgan fingerprint density at radius 3 is 2.60 bits per heavy atom. The van der Waals surface area contributed by atoms with E-state index >= 15 is 0 Å². The Kier molecular flexibility index (Phi) is 4.74. The molecule has 0 aromatic heterocycles. The lowest BCUT2D eigenvalue weighted by atomic mass is 9.74. The monoisotopic (exact) mass is 275 g/mol. The smallest absolute Gasteiger partial charge is 0.231 e. The van der Waals surface area contributed by atoms with Gasteiger partial charge in [0.05, 0.1) is 5.41 Å². The van der Waals surface area contributed by atoms with Crippen molar-refractivity contribution in [2.45, 2.75) is 33.2 Å². The highest BCUT2D eigenvalue weighted by atomic mass is 16.5. The third-order valence-electron chi connectivity index (χ3n) is 3.57. The fourth-order valence-corrected chi connectivity index (χ4v) is 1.36. The summed E-state index contributed by atoms with van der Waals surface area (Å²) >= 11 is 0. The topological polar surface area (TPSA) is 88.1 Å². The minimum absolute atomic E-state index is 0.0290. The molecule has 1 rings (SSSR count). The molecule has 1 aromatic rings. The summed E-state index contributed by atoms with van der Waals surface area (Å²) in [4.78, 5) is 12.3. The van der Waals surface area contributed by atoms with Crippen LogP contribution in [0.15, 0.2) is 24.3 Å². The van der Waals surface area contributed by atoms with Crippen LogP contribution < -0.4 is 15.8 Å². The Balaban J connectivity index is 2.84. The van der Waals surface area contributed by atoms with Gasteiger partial charge in [0.25, 0.3) is 0 Å². The van der Waals surface area contributed by atoms with Gasteiger partial charge in [-0.25, -0.2) is 0 Å². The lowest BCUT2D eigenvalue weighted by molar-refractivity contribution is -0.126. The summed E-state index contributed by atoms with van der Waals surface area (Å²) in [5, 5.41) is 11.3. The van der Waals surface area contributed by atoms with E-state index < -0.39 is 11.0 Å². The molecule has 5 heteroatoms. The van der Waals surface area contributed by atoms with Crippen molar-refractivity contribution in [2.24, 2.45) is 11.1 Å². The molecule has 0 fully saturated rings. The second kappa shape index (κ2) is 5.93. The average Bonchev–Trinajstić information content (AvgIpc) is 2.35. The summed E-state index contributed by atoms with van der Waals surface area (Å²) in [6.45, 7) is 7.22. The first kappa shape index (κ1) is 16.0. The van der Waals surface area contributed by atoms with Gasteiger partial charge in [0, 0.05) is 17.3 Å². The van der Waals surface area contributed by atoms with Gasteiger partial charge in [0.1, 0.15) is 11.8 Å². The van der Waals surface area contributed by atoms with Crippen LogP contribution in [0.3, 0.4) is 0 Å². The quantitative estimate of drug-likeness (QED) is 0.863. The van der Waals surface area contributed by atoms with Gasteiger partial charge in [-0.2, -0.15) is 5.26 Å². The Hall–Kier alpha value is -2.06. The first-order valence-electron chi connectivity index (χ1n) is 6.38. The number of rotatable bonds is 5. The number of nitrogens with two attached hydrogens (primary N) is 1. The van der Waals surface area contributed by atoms with Crippen molar-refractivity contribution < 1.29 is 9.53 Å². The molecule has 0 spiro atoms. The molecule has 0 bridgehead atoms. The first-order valence-corrected chi connectivity index (χ1v) is 6.38. The highest BCUT2D eigenvalue weighted by Crippen LogP contribution is 2.30. The summed E-state index contributed by atoms with van der Waals surface area (Å²) in [6, 6.07) is 8.81. The van der Waals surface area contributed by atoms with Crippen molar-refractivity contribution in [2.75, 3.05) is 11.9 Å². The van der Waals surface area contributed by atoms with Gasteiger partial charge in [0.2, 0.25) is 5.91 Å². The van der Waals surface area contributed by atoms with Crippen LogP contribution >= 0.6 is 0 Å². The standard InChI is InChI=1S/C15H21N3O2/c1-14(2,15(3,4)17)13(19)18-11-6-5-7-12(10-11)20-9-8-16/h5-7,10H,9,17H2,1-4H3,(H,18,19). The Bertz CT molecular complexity index is 525. The molecule has 0 aliphatic carbocycles. The molecular formula is C15H21N3O2. The maximum atomic E-state index is 12.3. The SMILES string of the molecule is CC(C)(N)C(C)(C)C(=O)Nc1cccc(OCC#N)c1. The molecule has 3 N–H and O–H groups in total. The van der Waals surface area contributed by atoms with E-state index in [0.717, 1.165) is 0 Å². The van der Waals surface area contributed by atoms with Crippen molar-refractivity contribution in [1.29, 1.82) is 5.26 Å². The number of carbonyl (C=O) groups is 1. The van der Waals surface area contributed by atoms with Gasteiger partial charge >= 0.3 is 0 Å². The van der Waals surface area contributed by atoms with E-state index in [9.17, 15) is 4.79 Å². The Morgan fingerprint density at radius 2 is 2.05 bits per heavy atom. The molecule has 0 saturated heterocycles. The summed E-state index contributed by atoms with van der Waals surface area (Å²) in [7, 11) is 0. The highest BCUT2D eigenvalue weighted by molar-refractivity contribution is 5.95. The van der Waals surface area contributed by atoms with Crippen molar-refractivity contribution in [3.05, 3.63) is 24.3 Å². The maximum absolute atomic E-state index is 12.3. The molecule has 1 aromatic carbocycles. The number of anilines is 1. The van der Waals surface area contributed by atoms with Crippen LogP contribution in [-0.4, -0.2) is 18.1 Å². The van der Waals surface area contributed by atoms with Crippen molar-refractivity contribution in [1.82, 2.24) is 0 Å². The Morgan fingerprint density at radius 1 is 1.40 bits per heavy atom. The van der Waals surface area contributed by atoms with E-state index in [1.165, 1.54) is 0 Å². The molecule has 0 unspecified atom stereocenters. The number of nitrogens with zero attached hydrogens (tertiary/aromatic N) is 1. The van der Waals surface area contributed by atoms with E-state index in [4.69, 9.17) is 15.7 Å². The number of carbonyl (C=O) groups excluding carboxylic acids is 1. The van der Waals surface area contributed by atoms with Crippen LogP contribution in [-0.2, 0) is 4.79 Å². The van der Waals surface area contributed by atoms with Gasteiger partial charge in [-0.15, -0.1) is 0 Å². The van der Waals surface area contributed by atoms with Gasteiger partial charge in [-0.05, 0) is 39.8 Å². The molecule has 0 atom stereocenters. The number of nitriles is 1. The zero-order valence-corrected chi connectivity index (χ0v) is 12.4. The normalized spacial score (nSPS) is 11.6. The highest BCUT2D eigenvalue weighted by Gasteiger charge is 2.40. The van der Waals surface area contributed by atoms with E-state index in [1.54, 1.807) is 38.1 Å². The third-order valence-corrected chi connectivity index (χ3v) is 3.57. The molecular weight excluding hydrogens is 254 g/mol. The molecule has 1 amide bonds. The molecule has 0 radical (unpaired) electrons. The number of hydrogen-bond donors (Lipinski definition) is 2. The second-order valence-corrected chi connectivity index (χ2v) is 5.78. The average molecular weight is 275 g/mol. The molecule has 5 nitrogen and oxygen atoms in total. The number of benzene rings is 1. The first-order chi connectivity index (χ1) is 9.18. The maximum Gasteiger partial charge on any atom is 0.231 e. The minimum atomic E-state index is -0.726. The second-order valence-electron chi connectivity index (χ2n) is 5.78. The van der Waals surface area contributed by atoms with Crippen molar-refractivity contribution in [3.63, 3.8) is 0 Å². The van der Waals surface area contributed by atoms with Crippen LogP contribution in [0.2, 0.25) is 0 Å². The van der Waals surface area contributed by atoms with Crippen LogP contribution in [0.4, 0.5) is 5.69 Å². The summed E-state index contributed by atoms with van der Waals surface area (Å²) < 4.78 is 5.19. The van der Waals surface area contributed by atoms with E-state index in [1.807, 2.05) is 19.9 Å². The Labute approximate surface area is 119 Å². The lowest BCUT2D eigenvalue weighted by Gasteiger charge is -2.36. The van der Waals surface area contributed by atoms with E-state index in [2.05, 4.69) is 5.32 Å². The van der Waals surface area contributed by atoms with Gasteiger partial charge in [0.15, 0.2) is 6.61 Å². The van der Waals surface area contributed by atoms with E-state index in [-0.39, 0.29) is 12.5 Å². The number of ether oxygens (including phenoxy) is 1. The summed E-state index contributed by atoms with van der Waals surface area (Å²) in [5.74, 6) is 0.372. The number of hydrogen-bond acceptors (Lipinski definition) is 4. The van der Waals surface area contributed by atoms with Crippen LogP contribution in [0.5, 0.6) is 5.75 Å². The molecule has 0 heterocycles. The van der Waals surface area contributed by atoms with Gasteiger partial charge in [-0.1, -0.05) is 6.07 Å². The predicted molar refractivity (Wildman–Crippen MR) is 78.2 cm³/mol.